The van der Waals surface area contributed by atoms with Gasteiger partial charge < -0.3 is 15.6 Å². The first kappa shape index (κ1) is 10.7. The van der Waals surface area contributed by atoms with E-state index in [4.69, 9.17) is 10.3 Å². The summed E-state index contributed by atoms with van der Waals surface area (Å²) in [5.74, 6) is 0.793. The summed E-state index contributed by atoms with van der Waals surface area (Å²) >= 11 is 0. The monoisotopic (exact) mass is 197 g/mol. The fourth-order valence-corrected chi connectivity index (χ4v) is 0.845. The molecule has 1 aromatic heterocycles. The summed E-state index contributed by atoms with van der Waals surface area (Å²) < 4.78 is 4.81. The standard InChI is InChI=1S/C9H15N3O2/c1-4-9(3,10)8(13)11-7-5-6(2)14-12-7/h5H,4,10H2,1-3H3,(H,11,12,13). The molecule has 1 amide bonds. The molecule has 3 N–H and O–H groups in total. The third-order valence-corrected chi connectivity index (χ3v) is 2.12. The van der Waals surface area contributed by atoms with Crippen molar-refractivity contribution in [3.8, 4) is 0 Å². The molecule has 0 fully saturated rings. The predicted molar refractivity (Wildman–Crippen MR) is 52.8 cm³/mol. The van der Waals surface area contributed by atoms with Crippen LogP contribution >= 0.6 is 0 Å². The lowest BCUT2D eigenvalue weighted by Crippen LogP contribution is -2.47. The molecule has 1 atom stereocenters. The minimum atomic E-state index is -0.868. The smallest absolute Gasteiger partial charge is 0.245 e. The molecule has 0 bridgehead atoms. The molecule has 0 radical (unpaired) electrons. The van der Waals surface area contributed by atoms with Crippen LogP contribution in [-0.4, -0.2) is 16.6 Å². The van der Waals surface area contributed by atoms with Crippen LogP contribution in [0.5, 0.6) is 0 Å². The van der Waals surface area contributed by atoms with Crippen LogP contribution in [-0.2, 0) is 4.79 Å². The van der Waals surface area contributed by atoms with Gasteiger partial charge in [-0.2, -0.15) is 0 Å². The van der Waals surface area contributed by atoms with Crippen molar-refractivity contribution in [2.24, 2.45) is 5.73 Å². The molecule has 0 aliphatic rings. The lowest BCUT2D eigenvalue weighted by atomic mass is 10.00. The molecule has 1 rings (SSSR count). The average Bonchev–Trinajstić information content (AvgIpc) is 2.51. The van der Waals surface area contributed by atoms with Gasteiger partial charge >= 0.3 is 0 Å². The number of anilines is 1. The molecule has 5 nitrogen and oxygen atoms in total. The minimum Gasteiger partial charge on any atom is -0.360 e. The van der Waals surface area contributed by atoms with E-state index in [1.165, 1.54) is 0 Å². The number of carbonyl (C=O) groups excluding carboxylic acids is 1. The average molecular weight is 197 g/mol. The normalized spacial score (nSPS) is 14.9. The zero-order valence-corrected chi connectivity index (χ0v) is 8.63. The molecule has 0 aliphatic carbocycles. The summed E-state index contributed by atoms with van der Waals surface area (Å²) in [5, 5.41) is 6.23. The molecule has 0 spiro atoms. The van der Waals surface area contributed by atoms with E-state index in [1.54, 1.807) is 19.9 Å². The Balaban J connectivity index is 2.66. The van der Waals surface area contributed by atoms with Crippen LogP contribution in [0, 0.1) is 6.92 Å². The molecule has 1 aromatic rings. The van der Waals surface area contributed by atoms with E-state index in [1.807, 2.05) is 6.92 Å². The van der Waals surface area contributed by atoms with E-state index < -0.39 is 5.54 Å². The zero-order valence-electron chi connectivity index (χ0n) is 8.63. The van der Waals surface area contributed by atoms with Gasteiger partial charge in [0.05, 0.1) is 5.54 Å². The molecule has 1 heterocycles. The lowest BCUT2D eigenvalue weighted by molar-refractivity contribution is -0.120. The van der Waals surface area contributed by atoms with Crippen LogP contribution in [0.25, 0.3) is 0 Å². The summed E-state index contributed by atoms with van der Waals surface area (Å²) in [4.78, 5) is 11.6. The molecule has 14 heavy (non-hydrogen) atoms. The van der Waals surface area contributed by atoms with Gasteiger partial charge in [0.15, 0.2) is 5.82 Å². The van der Waals surface area contributed by atoms with Crippen LogP contribution in [0.15, 0.2) is 10.6 Å². The first-order chi connectivity index (χ1) is 6.45. The van der Waals surface area contributed by atoms with E-state index in [0.717, 1.165) is 0 Å². The summed E-state index contributed by atoms with van der Waals surface area (Å²) in [6.45, 7) is 5.28. The largest absolute Gasteiger partial charge is 0.360 e. The van der Waals surface area contributed by atoms with Crippen molar-refractivity contribution in [1.29, 1.82) is 0 Å². The SMILES string of the molecule is CCC(C)(N)C(=O)Nc1cc(C)on1. The highest BCUT2D eigenvalue weighted by molar-refractivity contribution is 5.96. The van der Waals surface area contributed by atoms with Crippen molar-refractivity contribution in [3.63, 3.8) is 0 Å². The molecular formula is C9H15N3O2. The maximum Gasteiger partial charge on any atom is 0.245 e. The Bertz CT molecular complexity index is 331. The summed E-state index contributed by atoms with van der Waals surface area (Å²) in [5.41, 5.74) is 4.88. The van der Waals surface area contributed by atoms with Crippen molar-refractivity contribution in [1.82, 2.24) is 5.16 Å². The third kappa shape index (κ3) is 2.32. The topological polar surface area (TPSA) is 81.2 Å². The molecule has 0 aromatic carbocycles. The fourth-order valence-electron chi connectivity index (χ4n) is 0.845. The number of nitrogens with two attached hydrogens (primary N) is 1. The molecule has 78 valence electrons. The second kappa shape index (κ2) is 3.79. The highest BCUT2D eigenvalue weighted by Gasteiger charge is 2.26. The number of nitrogens with zero attached hydrogens (tertiary/aromatic N) is 1. The number of hydrogen-bond donors (Lipinski definition) is 2. The van der Waals surface area contributed by atoms with Crippen molar-refractivity contribution >= 4 is 11.7 Å². The van der Waals surface area contributed by atoms with E-state index >= 15 is 0 Å². The summed E-state index contributed by atoms with van der Waals surface area (Å²) in [6.07, 6.45) is 0.565. The Morgan fingerprint density at radius 1 is 1.79 bits per heavy atom. The van der Waals surface area contributed by atoms with Crippen LogP contribution in [0.4, 0.5) is 5.82 Å². The second-order valence-electron chi connectivity index (χ2n) is 3.55. The Morgan fingerprint density at radius 3 is 2.86 bits per heavy atom. The second-order valence-corrected chi connectivity index (χ2v) is 3.55. The molecule has 0 aliphatic heterocycles. The fraction of sp³-hybridized carbons (Fsp3) is 0.556. The summed E-state index contributed by atoms with van der Waals surface area (Å²) in [7, 11) is 0. The van der Waals surface area contributed by atoms with Gasteiger partial charge in [-0.3, -0.25) is 4.79 Å². The maximum atomic E-state index is 11.6. The van der Waals surface area contributed by atoms with Gasteiger partial charge in [-0.1, -0.05) is 12.1 Å². The molecule has 0 saturated carbocycles. The Morgan fingerprint density at radius 2 is 2.43 bits per heavy atom. The van der Waals surface area contributed by atoms with Crippen molar-refractivity contribution in [2.45, 2.75) is 32.7 Å². The van der Waals surface area contributed by atoms with E-state index in [2.05, 4.69) is 10.5 Å². The highest BCUT2D eigenvalue weighted by Crippen LogP contribution is 2.11. The molecule has 5 heteroatoms. The van der Waals surface area contributed by atoms with Gasteiger partial charge in [0.2, 0.25) is 5.91 Å². The van der Waals surface area contributed by atoms with Crippen molar-refractivity contribution < 1.29 is 9.32 Å². The number of rotatable bonds is 3. The number of hydrogen-bond acceptors (Lipinski definition) is 4. The Hall–Kier alpha value is -1.36. The van der Waals surface area contributed by atoms with E-state index in [-0.39, 0.29) is 5.91 Å². The van der Waals surface area contributed by atoms with Crippen LogP contribution < -0.4 is 11.1 Å². The zero-order chi connectivity index (χ0) is 10.8. The minimum absolute atomic E-state index is 0.256. The van der Waals surface area contributed by atoms with Gasteiger partial charge in [-0.25, -0.2) is 0 Å². The van der Waals surface area contributed by atoms with Gasteiger partial charge in [-0.15, -0.1) is 0 Å². The molecule has 0 saturated heterocycles. The number of aryl methyl sites for hydroxylation is 1. The lowest BCUT2D eigenvalue weighted by Gasteiger charge is -2.20. The first-order valence-corrected chi connectivity index (χ1v) is 4.49. The van der Waals surface area contributed by atoms with Gasteiger partial charge in [0.25, 0.3) is 0 Å². The quantitative estimate of drug-likeness (QED) is 0.758. The van der Waals surface area contributed by atoms with Crippen LogP contribution in [0.1, 0.15) is 26.0 Å². The number of aromatic nitrogens is 1. The van der Waals surface area contributed by atoms with Crippen LogP contribution in [0.3, 0.4) is 0 Å². The van der Waals surface area contributed by atoms with E-state index in [0.29, 0.717) is 18.0 Å². The van der Waals surface area contributed by atoms with E-state index in [9.17, 15) is 4.79 Å². The predicted octanol–water partition coefficient (Wildman–Crippen LogP) is 1.05. The van der Waals surface area contributed by atoms with Crippen molar-refractivity contribution in [2.75, 3.05) is 5.32 Å². The Labute approximate surface area is 82.6 Å². The number of nitrogens with one attached hydrogen (secondary N) is 1. The highest BCUT2D eigenvalue weighted by atomic mass is 16.5. The summed E-state index contributed by atoms with van der Waals surface area (Å²) in [6, 6.07) is 1.64. The number of carbonyl (C=O) groups is 1. The van der Waals surface area contributed by atoms with Crippen molar-refractivity contribution in [3.05, 3.63) is 11.8 Å². The maximum absolute atomic E-state index is 11.6. The first-order valence-electron chi connectivity index (χ1n) is 4.49. The van der Waals surface area contributed by atoms with Gasteiger partial charge in [0.1, 0.15) is 5.76 Å². The molecular weight excluding hydrogens is 182 g/mol. The number of amides is 1. The van der Waals surface area contributed by atoms with Gasteiger partial charge in [0, 0.05) is 6.07 Å². The Kier molecular flexibility index (Phi) is 2.90. The van der Waals surface area contributed by atoms with Gasteiger partial charge in [-0.05, 0) is 20.3 Å². The molecule has 1 unspecified atom stereocenters. The van der Waals surface area contributed by atoms with Crippen LogP contribution in [0.2, 0.25) is 0 Å². The third-order valence-electron chi connectivity index (χ3n) is 2.12.